The molecular formula is C41H73N2+. The number of unbranched alkanes of at least 4 members (excludes halogenated alkanes) is 23. The van der Waals surface area contributed by atoms with Crippen molar-refractivity contribution in [2.24, 2.45) is 0 Å². The number of benzene rings is 1. The van der Waals surface area contributed by atoms with Crippen LogP contribution in [0.4, 0.5) is 0 Å². The molecule has 1 heterocycles. The third-order valence-electron chi connectivity index (χ3n) is 9.55. The Balaban J connectivity index is 1.57. The molecule has 246 valence electrons. The highest BCUT2D eigenvalue weighted by Crippen LogP contribution is 2.15. The van der Waals surface area contributed by atoms with Crippen LogP contribution < -0.4 is 4.57 Å². The van der Waals surface area contributed by atoms with E-state index in [2.05, 4.69) is 65.7 Å². The van der Waals surface area contributed by atoms with Crippen LogP contribution in [0, 0.1) is 0 Å². The number of aryl methyl sites for hydroxylation is 3. The van der Waals surface area contributed by atoms with Crippen molar-refractivity contribution in [3.8, 4) is 0 Å². The minimum Gasteiger partial charge on any atom is -0.234 e. The molecule has 2 aromatic rings. The van der Waals surface area contributed by atoms with Crippen molar-refractivity contribution in [2.75, 3.05) is 0 Å². The normalized spacial score (nSPS) is 11.5. The third-order valence-corrected chi connectivity index (χ3v) is 9.55. The Kier molecular flexibility index (Phi) is 24.4. The lowest BCUT2D eigenvalue weighted by atomic mass is 10.0. The van der Waals surface area contributed by atoms with Gasteiger partial charge in [0.2, 0.25) is 0 Å². The first kappa shape index (κ1) is 37.6. The second-order valence-electron chi connectivity index (χ2n) is 13.6. The molecule has 0 aliphatic heterocycles. The van der Waals surface area contributed by atoms with Gasteiger partial charge in [-0.2, -0.15) is 0 Å². The van der Waals surface area contributed by atoms with E-state index in [1.807, 2.05) is 0 Å². The van der Waals surface area contributed by atoms with Crippen molar-refractivity contribution < 1.29 is 4.57 Å². The predicted octanol–water partition coefficient (Wildman–Crippen LogP) is 12.7. The van der Waals surface area contributed by atoms with E-state index in [9.17, 15) is 0 Å². The summed E-state index contributed by atoms with van der Waals surface area (Å²) < 4.78 is 5.19. The zero-order valence-corrected chi connectivity index (χ0v) is 29.1. The van der Waals surface area contributed by atoms with Gasteiger partial charge in [-0.3, -0.25) is 0 Å². The molecule has 43 heavy (non-hydrogen) atoms. The van der Waals surface area contributed by atoms with Crippen molar-refractivity contribution in [3.05, 3.63) is 54.1 Å². The van der Waals surface area contributed by atoms with Gasteiger partial charge in [-0.05, 0) is 37.7 Å². The van der Waals surface area contributed by atoms with Crippen LogP contribution in [0.15, 0.2) is 42.7 Å². The SMILES string of the molecule is CCCCCCCCCCCCCCCCCCCn1cc[n+](CCCc2ccccc2)c1CCCCCCCCCC. The van der Waals surface area contributed by atoms with E-state index in [1.165, 1.54) is 192 Å². The minimum atomic E-state index is 1.15. The topological polar surface area (TPSA) is 8.81 Å². The smallest absolute Gasteiger partial charge is 0.234 e. The molecule has 1 aromatic heterocycles. The molecular weight excluding hydrogens is 520 g/mol. The molecule has 0 radical (unpaired) electrons. The van der Waals surface area contributed by atoms with E-state index < -0.39 is 0 Å². The van der Waals surface area contributed by atoms with E-state index >= 15 is 0 Å². The lowest BCUT2D eigenvalue weighted by Crippen LogP contribution is -2.37. The summed E-state index contributed by atoms with van der Waals surface area (Å²) in [5, 5.41) is 0. The monoisotopic (exact) mass is 594 g/mol. The fourth-order valence-electron chi connectivity index (χ4n) is 6.71. The average Bonchev–Trinajstić information content (AvgIpc) is 3.41. The van der Waals surface area contributed by atoms with Crippen LogP contribution in [0.25, 0.3) is 0 Å². The van der Waals surface area contributed by atoms with Crippen LogP contribution in [0.1, 0.15) is 192 Å². The Hall–Kier alpha value is -1.57. The van der Waals surface area contributed by atoms with Gasteiger partial charge >= 0.3 is 0 Å². The fourth-order valence-corrected chi connectivity index (χ4v) is 6.71. The molecule has 0 N–H and O–H groups in total. The number of hydrogen-bond acceptors (Lipinski definition) is 0. The summed E-state index contributed by atoms with van der Waals surface area (Å²) >= 11 is 0. The number of imidazole rings is 1. The zero-order chi connectivity index (χ0) is 30.5. The van der Waals surface area contributed by atoms with Gasteiger partial charge in [-0.15, -0.1) is 0 Å². The van der Waals surface area contributed by atoms with Crippen LogP contribution in [0.3, 0.4) is 0 Å². The molecule has 0 spiro atoms. The van der Waals surface area contributed by atoms with Gasteiger partial charge in [0.15, 0.2) is 0 Å². The van der Waals surface area contributed by atoms with Crippen LogP contribution in [-0.2, 0) is 25.9 Å². The summed E-state index contributed by atoms with van der Waals surface area (Å²) in [6.07, 6.45) is 44.1. The molecule has 0 fully saturated rings. The van der Waals surface area contributed by atoms with Gasteiger partial charge in [-0.25, -0.2) is 9.13 Å². The molecule has 0 aliphatic carbocycles. The maximum atomic E-state index is 2.61. The summed E-state index contributed by atoms with van der Waals surface area (Å²) in [5.74, 6) is 1.58. The minimum absolute atomic E-state index is 1.15. The summed E-state index contributed by atoms with van der Waals surface area (Å²) in [6.45, 7) is 6.97. The largest absolute Gasteiger partial charge is 0.256 e. The van der Waals surface area contributed by atoms with E-state index in [1.54, 1.807) is 5.82 Å². The summed E-state index contributed by atoms with van der Waals surface area (Å²) in [5.41, 5.74) is 1.47. The van der Waals surface area contributed by atoms with Crippen LogP contribution in [0.5, 0.6) is 0 Å². The second kappa shape index (κ2) is 27.9. The molecule has 2 nitrogen and oxygen atoms in total. The Morgan fingerprint density at radius 1 is 0.465 bits per heavy atom. The first-order valence-electron chi connectivity index (χ1n) is 19.5. The molecule has 0 amide bonds. The summed E-state index contributed by atoms with van der Waals surface area (Å²) in [6, 6.07) is 11.0. The van der Waals surface area contributed by atoms with E-state index in [-0.39, 0.29) is 0 Å². The Labute approximate surface area is 269 Å². The van der Waals surface area contributed by atoms with E-state index in [4.69, 9.17) is 0 Å². The Morgan fingerprint density at radius 3 is 1.40 bits per heavy atom. The van der Waals surface area contributed by atoms with Crippen molar-refractivity contribution >= 4 is 0 Å². The highest BCUT2D eigenvalue weighted by Gasteiger charge is 2.16. The molecule has 0 saturated carbocycles. The highest BCUT2D eigenvalue weighted by atomic mass is 15.1. The predicted molar refractivity (Wildman–Crippen MR) is 190 cm³/mol. The van der Waals surface area contributed by atoms with E-state index in [0.29, 0.717) is 0 Å². The maximum Gasteiger partial charge on any atom is 0.256 e. The third kappa shape index (κ3) is 20.2. The van der Waals surface area contributed by atoms with Gasteiger partial charge in [0.1, 0.15) is 12.4 Å². The van der Waals surface area contributed by atoms with Gasteiger partial charge in [0, 0.05) is 6.42 Å². The number of rotatable bonds is 31. The molecule has 2 heteroatoms. The van der Waals surface area contributed by atoms with Gasteiger partial charge in [0.05, 0.1) is 13.1 Å². The standard InChI is InChI=1S/C41H73N2/c1-3-5-7-9-11-13-14-15-16-17-18-19-20-21-23-25-30-36-42-38-39-43(37-31-34-40-32-27-26-28-33-40)41(42)35-29-24-22-12-10-8-6-4-2/h26-28,32-33,38-39H,3-25,29-31,34-37H2,1-2H3/q+1. The molecule has 0 unspecified atom stereocenters. The average molecular weight is 594 g/mol. The van der Waals surface area contributed by atoms with Gasteiger partial charge in [0.25, 0.3) is 5.82 Å². The van der Waals surface area contributed by atoms with Crippen LogP contribution >= 0.6 is 0 Å². The maximum absolute atomic E-state index is 2.61. The number of nitrogens with zero attached hydrogens (tertiary/aromatic N) is 2. The fraction of sp³-hybridized carbons (Fsp3) is 0.780. The molecule has 0 aliphatic rings. The lowest BCUT2D eigenvalue weighted by molar-refractivity contribution is -0.704. The number of aromatic nitrogens is 2. The molecule has 0 saturated heterocycles. The van der Waals surface area contributed by atoms with Gasteiger partial charge in [-0.1, -0.05) is 185 Å². The Morgan fingerprint density at radius 2 is 0.907 bits per heavy atom. The molecule has 2 rings (SSSR count). The van der Waals surface area contributed by atoms with Crippen LogP contribution in [-0.4, -0.2) is 4.57 Å². The lowest BCUT2D eigenvalue weighted by Gasteiger charge is -2.07. The highest BCUT2D eigenvalue weighted by molar-refractivity contribution is 5.14. The molecule has 1 aromatic carbocycles. The summed E-state index contributed by atoms with van der Waals surface area (Å²) in [4.78, 5) is 0. The van der Waals surface area contributed by atoms with Crippen LogP contribution in [0.2, 0.25) is 0 Å². The quantitative estimate of drug-likeness (QED) is 0.0607. The molecule has 0 bridgehead atoms. The van der Waals surface area contributed by atoms with Crippen molar-refractivity contribution in [1.82, 2.24) is 4.57 Å². The van der Waals surface area contributed by atoms with Crippen molar-refractivity contribution in [1.29, 1.82) is 0 Å². The van der Waals surface area contributed by atoms with Crippen molar-refractivity contribution in [3.63, 3.8) is 0 Å². The van der Waals surface area contributed by atoms with Gasteiger partial charge < -0.3 is 0 Å². The summed E-state index contributed by atoms with van der Waals surface area (Å²) in [7, 11) is 0. The second-order valence-corrected chi connectivity index (χ2v) is 13.6. The molecule has 0 atom stereocenters. The van der Waals surface area contributed by atoms with Crippen molar-refractivity contribution in [2.45, 2.75) is 207 Å². The Bertz CT molecular complexity index is 839. The zero-order valence-electron chi connectivity index (χ0n) is 29.1. The first-order valence-corrected chi connectivity index (χ1v) is 19.5. The number of hydrogen-bond donors (Lipinski definition) is 0. The first-order chi connectivity index (χ1) is 21.3. The van der Waals surface area contributed by atoms with E-state index in [0.717, 1.165) is 6.54 Å².